The van der Waals surface area contributed by atoms with Gasteiger partial charge in [-0.2, -0.15) is 0 Å². The molecule has 0 bridgehead atoms. The summed E-state index contributed by atoms with van der Waals surface area (Å²) in [5, 5.41) is 5.08. The molecule has 1 saturated carbocycles. The van der Waals surface area contributed by atoms with E-state index in [2.05, 4.69) is 5.32 Å². The molecule has 3 aromatic rings. The molecule has 1 aromatic heterocycles. The van der Waals surface area contributed by atoms with Crippen LogP contribution in [0, 0.1) is 5.82 Å². The first-order chi connectivity index (χ1) is 16.5. The van der Waals surface area contributed by atoms with Gasteiger partial charge >= 0.3 is 0 Å². The summed E-state index contributed by atoms with van der Waals surface area (Å²) in [5.41, 5.74) is 1.14. The molecule has 2 aromatic carbocycles. The summed E-state index contributed by atoms with van der Waals surface area (Å²) in [7, 11) is 0. The van der Waals surface area contributed by atoms with Crippen molar-refractivity contribution in [1.29, 1.82) is 0 Å². The summed E-state index contributed by atoms with van der Waals surface area (Å²) in [6, 6.07) is 16.0. The van der Waals surface area contributed by atoms with Crippen LogP contribution in [0.2, 0.25) is 0 Å². The molecule has 1 aliphatic rings. The van der Waals surface area contributed by atoms with Crippen LogP contribution in [0.5, 0.6) is 5.75 Å². The van der Waals surface area contributed by atoms with Crippen molar-refractivity contribution in [3.05, 3.63) is 82.3 Å². The van der Waals surface area contributed by atoms with Gasteiger partial charge < -0.3 is 10.1 Å². The van der Waals surface area contributed by atoms with Crippen LogP contribution >= 0.6 is 11.3 Å². The number of carbonyl (C=O) groups excluding carboxylic acids is 2. The Morgan fingerprint density at radius 3 is 2.41 bits per heavy atom. The number of amides is 2. The molecule has 0 radical (unpaired) electrons. The SMILES string of the molecule is CCOc1ccc([C@H](C(=O)NC2CCCC2)N(C(=O)Cc2cccs2)c2ccc(F)cc2)cc1. The molecule has 7 heteroatoms. The number of ether oxygens (including phenoxy) is 1. The summed E-state index contributed by atoms with van der Waals surface area (Å²) in [4.78, 5) is 29.7. The number of hydrogen-bond donors (Lipinski definition) is 1. The van der Waals surface area contributed by atoms with Crippen LogP contribution in [0.25, 0.3) is 0 Å². The second-order valence-electron chi connectivity index (χ2n) is 8.39. The quantitative estimate of drug-likeness (QED) is 0.430. The number of benzene rings is 2. The Bertz CT molecular complexity index is 1080. The zero-order valence-electron chi connectivity index (χ0n) is 19.2. The molecule has 0 aliphatic heterocycles. The molecule has 1 fully saturated rings. The molecule has 1 heterocycles. The molecule has 1 atom stereocenters. The molecule has 0 unspecified atom stereocenters. The molecule has 4 rings (SSSR count). The highest BCUT2D eigenvalue weighted by Crippen LogP contribution is 2.31. The summed E-state index contributed by atoms with van der Waals surface area (Å²) >= 11 is 1.49. The fourth-order valence-electron chi connectivity index (χ4n) is 4.37. The highest BCUT2D eigenvalue weighted by atomic mass is 32.1. The van der Waals surface area contributed by atoms with Crippen LogP contribution in [0.15, 0.2) is 66.0 Å². The van der Waals surface area contributed by atoms with Crippen LogP contribution in [0.4, 0.5) is 10.1 Å². The molecular weight excluding hydrogens is 451 g/mol. The lowest BCUT2D eigenvalue weighted by Crippen LogP contribution is -2.46. The predicted molar refractivity (Wildman–Crippen MR) is 133 cm³/mol. The number of anilines is 1. The number of nitrogens with one attached hydrogen (secondary N) is 1. The third-order valence-corrected chi connectivity index (χ3v) is 6.87. The highest BCUT2D eigenvalue weighted by molar-refractivity contribution is 7.10. The fraction of sp³-hybridized carbons (Fsp3) is 0.333. The van der Waals surface area contributed by atoms with Gasteiger partial charge in [0.2, 0.25) is 11.8 Å². The number of thiophene rings is 1. The van der Waals surface area contributed by atoms with Crippen LogP contribution < -0.4 is 15.0 Å². The summed E-state index contributed by atoms with van der Waals surface area (Å²) in [6.07, 6.45) is 4.18. The van der Waals surface area contributed by atoms with E-state index in [4.69, 9.17) is 4.74 Å². The van der Waals surface area contributed by atoms with Crippen molar-refractivity contribution in [3.63, 3.8) is 0 Å². The molecule has 5 nitrogen and oxygen atoms in total. The largest absolute Gasteiger partial charge is 0.494 e. The summed E-state index contributed by atoms with van der Waals surface area (Å²) in [6.45, 7) is 2.44. The van der Waals surface area contributed by atoms with Gasteiger partial charge in [-0.1, -0.05) is 31.0 Å². The van der Waals surface area contributed by atoms with Crippen LogP contribution in [-0.2, 0) is 16.0 Å². The van der Waals surface area contributed by atoms with Gasteiger partial charge in [-0.05, 0) is 73.2 Å². The van der Waals surface area contributed by atoms with E-state index in [0.717, 1.165) is 30.6 Å². The van der Waals surface area contributed by atoms with E-state index in [1.807, 2.05) is 36.6 Å². The van der Waals surface area contributed by atoms with Gasteiger partial charge in [0.1, 0.15) is 17.6 Å². The number of rotatable bonds is 9. The highest BCUT2D eigenvalue weighted by Gasteiger charge is 2.34. The Hall–Kier alpha value is -3.19. The van der Waals surface area contributed by atoms with Gasteiger partial charge in [0.15, 0.2) is 0 Å². The van der Waals surface area contributed by atoms with Gasteiger partial charge in [0.05, 0.1) is 13.0 Å². The Morgan fingerprint density at radius 2 is 1.79 bits per heavy atom. The Balaban J connectivity index is 1.74. The first-order valence-electron chi connectivity index (χ1n) is 11.7. The molecular formula is C27H29FN2O3S. The zero-order chi connectivity index (χ0) is 23.9. The van der Waals surface area contributed by atoms with E-state index in [9.17, 15) is 14.0 Å². The van der Waals surface area contributed by atoms with Gasteiger partial charge in [0, 0.05) is 16.6 Å². The van der Waals surface area contributed by atoms with Crippen molar-refractivity contribution in [2.45, 2.75) is 51.1 Å². The molecule has 0 spiro atoms. The van der Waals surface area contributed by atoms with Gasteiger partial charge in [-0.3, -0.25) is 14.5 Å². The molecule has 0 saturated heterocycles. The van der Waals surface area contributed by atoms with Crippen molar-refractivity contribution in [2.75, 3.05) is 11.5 Å². The molecule has 178 valence electrons. The third kappa shape index (κ3) is 5.83. The number of carbonyl (C=O) groups is 2. The van der Waals surface area contributed by atoms with E-state index < -0.39 is 11.9 Å². The van der Waals surface area contributed by atoms with Gasteiger partial charge in [-0.25, -0.2) is 4.39 Å². The normalized spacial score (nSPS) is 14.5. The first kappa shape index (κ1) is 24.0. The molecule has 1 aliphatic carbocycles. The molecule has 1 N–H and O–H groups in total. The molecule has 34 heavy (non-hydrogen) atoms. The first-order valence-corrected chi connectivity index (χ1v) is 12.6. The Morgan fingerprint density at radius 1 is 1.09 bits per heavy atom. The summed E-state index contributed by atoms with van der Waals surface area (Å²) < 4.78 is 19.3. The average Bonchev–Trinajstić information content (AvgIpc) is 3.53. The van der Waals surface area contributed by atoms with Gasteiger partial charge in [-0.15, -0.1) is 11.3 Å². The Labute approximate surface area is 203 Å². The van der Waals surface area contributed by atoms with E-state index in [-0.39, 0.29) is 24.3 Å². The van der Waals surface area contributed by atoms with E-state index >= 15 is 0 Å². The minimum Gasteiger partial charge on any atom is -0.494 e. The number of nitrogens with zero attached hydrogens (tertiary/aromatic N) is 1. The van der Waals surface area contributed by atoms with E-state index in [1.54, 1.807) is 24.3 Å². The monoisotopic (exact) mass is 480 g/mol. The fourth-order valence-corrected chi connectivity index (χ4v) is 5.06. The van der Waals surface area contributed by atoms with Crippen LogP contribution in [0.3, 0.4) is 0 Å². The van der Waals surface area contributed by atoms with Crippen molar-refractivity contribution < 1.29 is 18.7 Å². The maximum atomic E-state index is 13.7. The lowest BCUT2D eigenvalue weighted by atomic mass is 10.0. The Kier molecular flexibility index (Phi) is 7.95. The minimum atomic E-state index is -0.894. The van der Waals surface area contributed by atoms with Crippen molar-refractivity contribution >= 4 is 28.8 Å². The van der Waals surface area contributed by atoms with Crippen LogP contribution in [0.1, 0.15) is 49.1 Å². The molecule has 2 amide bonds. The third-order valence-electron chi connectivity index (χ3n) is 5.99. The maximum Gasteiger partial charge on any atom is 0.248 e. The summed E-state index contributed by atoms with van der Waals surface area (Å²) in [5.74, 6) is -0.170. The van der Waals surface area contributed by atoms with Crippen molar-refractivity contribution in [2.24, 2.45) is 0 Å². The minimum absolute atomic E-state index is 0.0974. The van der Waals surface area contributed by atoms with E-state index in [0.29, 0.717) is 23.6 Å². The van der Waals surface area contributed by atoms with Crippen LogP contribution in [-0.4, -0.2) is 24.5 Å². The van der Waals surface area contributed by atoms with E-state index in [1.165, 1.54) is 28.4 Å². The smallest absolute Gasteiger partial charge is 0.248 e. The lowest BCUT2D eigenvalue weighted by molar-refractivity contribution is -0.127. The second kappa shape index (κ2) is 11.3. The standard InChI is InChI=1S/C27H29FN2O3S/c1-2-33-23-15-9-19(10-16-23)26(27(32)29-21-6-3-4-7-21)30(22-13-11-20(28)12-14-22)25(31)18-24-8-5-17-34-24/h5,8-17,21,26H,2-4,6-7,18H2,1H3,(H,29,32)/t26-/m1/s1. The zero-order valence-corrected chi connectivity index (χ0v) is 20.0. The number of halogens is 1. The average molecular weight is 481 g/mol. The van der Waals surface area contributed by atoms with Gasteiger partial charge in [0.25, 0.3) is 0 Å². The predicted octanol–water partition coefficient (Wildman–Crippen LogP) is 5.66. The number of hydrogen-bond acceptors (Lipinski definition) is 4. The topological polar surface area (TPSA) is 58.6 Å². The maximum absolute atomic E-state index is 13.7. The second-order valence-corrected chi connectivity index (χ2v) is 9.42. The van der Waals surface area contributed by atoms with Crippen molar-refractivity contribution in [3.8, 4) is 5.75 Å². The lowest BCUT2D eigenvalue weighted by Gasteiger charge is -2.32. The van der Waals surface area contributed by atoms with Crippen molar-refractivity contribution in [1.82, 2.24) is 5.32 Å².